The summed E-state index contributed by atoms with van der Waals surface area (Å²) in [6.45, 7) is 0. The molecule has 0 unspecified atom stereocenters. The third kappa shape index (κ3) is 3.65. The van der Waals surface area contributed by atoms with E-state index in [1.54, 1.807) is 30.3 Å². The number of halogens is 2. The molecule has 1 aromatic heterocycles. The Labute approximate surface area is 142 Å². The molecule has 0 aliphatic heterocycles. The Balaban J connectivity index is 1.94. The lowest BCUT2D eigenvalue weighted by molar-refractivity contribution is 0.627. The summed E-state index contributed by atoms with van der Waals surface area (Å²) in [6.07, 6.45) is 1.63. The summed E-state index contributed by atoms with van der Waals surface area (Å²) in [6, 6.07) is 15.6. The smallest absolute Gasteiger partial charge is 0.134 e. The molecule has 2 aromatic carbocycles. The van der Waals surface area contributed by atoms with Crippen LogP contribution in [0, 0.1) is 17.1 Å². The molecule has 0 saturated carbocycles. The number of nitriles is 1. The van der Waals surface area contributed by atoms with Crippen LogP contribution in [0.1, 0.15) is 10.6 Å². The number of thiazole rings is 1. The fraction of sp³-hybridized carbons (Fsp3) is 0. The molecule has 2 nitrogen and oxygen atoms in total. The largest absolute Gasteiger partial charge is 0.235 e. The molecule has 0 bridgehead atoms. The van der Waals surface area contributed by atoms with E-state index in [0.717, 1.165) is 11.3 Å². The van der Waals surface area contributed by atoms with Crippen LogP contribution in [0.4, 0.5) is 4.39 Å². The van der Waals surface area contributed by atoms with Gasteiger partial charge < -0.3 is 0 Å². The maximum absolute atomic E-state index is 13.2. The monoisotopic (exact) mass is 340 g/mol. The van der Waals surface area contributed by atoms with Crippen LogP contribution in [-0.4, -0.2) is 4.98 Å². The number of allylic oxidation sites excluding steroid dienone is 1. The second-order valence-electron chi connectivity index (χ2n) is 4.77. The van der Waals surface area contributed by atoms with Gasteiger partial charge in [-0.05, 0) is 35.9 Å². The van der Waals surface area contributed by atoms with Crippen molar-refractivity contribution in [2.24, 2.45) is 0 Å². The van der Waals surface area contributed by atoms with Crippen molar-refractivity contribution < 1.29 is 4.39 Å². The van der Waals surface area contributed by atoms with Crippen molar-refractivity contribution in [1.29, 1.82) is 5.26 Å². The first-order valence-electron chi connectivity index (χ1n) is 6.75. The van der Waals surface area contributed by atoms with Crippen LogP contribution in [0.3, 0.4) is 0 Å². The second kappa shape index (κ2) is 6.74. The quantitative estimate of drug-likeness (QED) is 0.576. The van der Waals surface area contributed by atoms with Crippen molar-refractivity contribution in [3.05, 3.63) is 75.3 Å². The molecule has 112 valence electrons. The predicted molar refractivity (Wildman–Crippen MR) is 92.4 cm³/mol. The summed E-state index contributed by atoms with van der Waals surface area (Å²) in [5.74, 6) is -0.336. The molecular weight excluding hydrogens is 331 g/mol. The summed E-state index contributed by atoms with van der Waals surface area (Å²) < 4.78 is 13.2. The highest BCUT2D eigenvalue weighted by atomic mass is 35.5. The van der Waals surface area contributed by atoms with Gasteiger partial charge in [0.05, 0.1) is 11.3 Å². The first-order valence-corrected chi connectivity index (χ1v) is 8.00. The molecule has 0 atom stereocenters. The van der Waals surface area contributed by atoms with E-state index < -0.39 is 0 Å². The van der Waals surface area contributed by atoms with Gasteiger partial charge in [-0.1, -0.05) is 35.9 Å². The van der Waals surface area contributed by atoms with Crippen molar-refractivity contribution in [2.45, 2.75) is 0 Å². The van der Waals surface area contributed by atoms with Gasteiger partial charge in [-0.3, -0.25) is 0 Å². The lowest BCUT2D eigenvalue weighted by atomic mass is 10.1. The van der Waals surface area contributed by atoms with Gasteiger partial charge in [0.2, 0.25) is 0 Å². The Kier molecular flexibility index (Phi) is 4.52. The molecule has 5 heteroatoms. The molecule has 23 heavy (non-hydrogen) atoms. The number of hydrogen-bond donors (Lipinski definition) is 0. The van der Waals surface area contributed by atoms with Crippen LogP contribution in [0.2, 0.25) is 5.02 Å². The number of benzene rings is 2. The molecule has 0 fully saturated rings. The molecule has 0 N–H and O–H groups in total. The zero-order valence-electron chi connectivity index (χ0n) is 11.8. The van der Waals surface area contributed by atoms with Gasteiger partial charge in [0.15, 0.2) is 0 Å². The van der Waals surface area contributed by atoms with Gasteiger partial charge in [0.25, 0.3) is 0 Å². The van der Waals surface area contributed by atoms with E-state index in [1.165, 1.54) is 23.5 Å². The molecule has 0 spiro atoms. The SMILES string of the molecule is N#C/C(=C/c1cccc(F)c1)c1nc(-c2ccc(Cl)cc2)cs1. The van der Waals surface area contributed by atoms with E-state index in [-0.39, 0.29) is 5.82 Å². The number of hydrogen-bond acceptors (Lipinski definition) is 3. The summed E-state index contributed by atoms with van der Waals surface area (Å²) in [7, 11) is 0. The number of nitrogens with zero attached hydrogens (tertiary/aromatic N) is 2. The van der Waals surface area contributed by atoms with Crippen molar-refractivity contribution in [3.63, 3.8) is 0 Å². The van der Waals surface area contributed by atoms with Crippen LogP contribution in [0.25, 0.3) is 22.9 Å². The van der Waals surface area contributed by atoms with E-state index in [9.17, 15) is 9.65 Å². The molecule has 3 aromatic rings. The van der Waals surface area contributed by atoms with Crippen LogP contribution >= 0.6 is 22.9 Å². The van der Waals surface area contributed by atoms with Gasteiger partial charge in [-0.2, -0.15) is 5.26 Å². The fourth-order valence-corrected chi connectivity index (χ4v) is 2.98. The van der Waals surface area contributed by atoms with Gasteiger partial charge in [-0.25, -0.2) is 9.37 Å². The standard InChI is InChI=1S/C18H10ClFN2S/c19-15-6-4-13(5-7-15)17-11-23-18(22-17)14(10-21)8-12-2-1-3-16(20)9-12/h1-9,11H/b14-8-. The summed E-state index contributed by atoms with van der Waals surface area (Å²) in [5, 5.41) is 12.5. The van der Waals surface area contributed by atoms with Gasteiger partial charge >= 0.3 is 0 Å². The molecule has 0 amide bonds. The van der Waals surface area contributed by atoms with Crippen LogP contribution < -0.4 is 0 Å². The zero-order valence-corrected chi connectivity index (χ0v) is 13.4. The maximum Gasteiger partial charge on any atom is 0.134 e. The predicted octanol–water partition coefficient (Wildman–Crippen LogP) is 5.67. The first-order chi connectivity index (χ1) is 11.2. The van der Waals surface area contributed by atoms with Crippen molar-refractivity contribution in [1.82, 2.24) is 4.98 Å². The number of aromatic nitrogens is 1. The summed E-state index contributed by atoms with van der Waals surface area (Å²) >= 11 is 7.26. The molecule has 0 aliphatic rings. The Morgan fingerprint density at radius 1 is 1.22 bits per heavy atom. The van der Waals surface area contributed by atoms with Gasteiger partial charge in [0, 0.05) is 16.0 Å². The molecule has 0 aliphatic carbocycles. The van der Waals surface area contributed by atoms with Crippen molar-refractivity contribution in [2.75, 3.05) is 0 Å². The molecule has 1 heterocycles. The maximum atomic E-state index is 13.2. The third-order valence-corrected chi connectivity index (χ3v) is 4.28. The topological polar surface area (TPSA) is 36.7 Å². The third-order valence-electron chi connectivity index (χ3n) is 3.15. The zero-order chi connectivity index (χ0) is 16.2. The Morgan fingerprint density at radius 2 is 2.00 bits per heavy atom. The highest BCUT2D eigenvalue weighted by Gasteiger charge is 2.09. The molecule has 0 saturated heterocycles. The average Bonchev–Trinajstić information content (AvgIpc) is 3.03. The lowest BCUT2D eigenvalue weighted by Gasteiger charge is -1.97. The Bertz CT molecular complexity index is 907. The molecule has 3 rings (SSSR count). The summed E-state index contributed by atoms with van der Waals surface area (Å²) in [4.78, 5) is 4.49. The van der Waals surface area contributed by atoms with Gasteiger partial charge in [0.1, 0.15) is 16.9 Å². The Morgan fingerprint density at radius 3 is 2.70 bits per heavy atom. The first kappa shape index (κ1) is 15.4. The van der Waals surface area contributed by atoms with E-state index >= 15 is 0 Å². The number of rotatable bonds is 3. The van der Waals surface area contributed by atoms with Crippen LogP contribution in [-0.2, 0) is 0 Å². The highest BCUT2D eigenvalue weighted by Crippen LogP contribution is 2.28. The minimum atomic E-state index is -0.336. The molecule has 0 radical (unpaired) electrons. The second-order valence-corrected chi connectivity index (χ2v) is 6.06. The van der Waals surface area contributed by atoms with Crippen molar-refractivity contribution in [3.8, 4) is 17.3 Å². The molecular formula is C18H10ClFN2S. The van der Waals surface area contributed by atoms with Crippen molar-refractivity contribution >= 4 is 34.6 Å². The van der Waals surface area contributed by atoms with E-state index in [0.29, 0.717) is 21.2 Å². The average molecular weight is 341 g/mol. The van der Waals surface area contributed by atoms with E-state index in [1.807, 2.05) is 17.5 Å². The van der Waals surface area contributed by atoms with Crippen LogP contribution in [0.15, 0.2) is 53.9 Å². The minimum absolute atomic E-state index is 0.336. The fourth-order valence-electron chi connectivity index (χ4n) is 2.06. The Hall–Kier alpha value is -2.48. The van der Waals surface area contributed by atoms with E-state index in [4.69, 9.17) is 11.6 Å². The normalized spacial score (nSPS) is 11.3. The summed E-state index contributed by atoms with van der Waals surface area (Å²) in [5.41, 5.74) is 2.74. The van der Waals surface area contributed by atoms with Gasteiger partial charge in [-0.15, -0.1) is 11.3 Å². The lowest BCUT2D eigenvalue weighted by Crippen LogP contribution is -1.83. The minimum Gasteiger partial charge on any atom is -0.235 e. The van der Waals surface area contributed by atoms with Crippen LogP contribution in [0.5, 0.6) is 0 Å². The van der Waals surface area contributed by atoms with E-state index in [2.05, 4.69) is 11.1 Å². The highest BCUT2D eigenvalue weighted by molar-refractivity contribution is 7.11.